The molecule has 0 fully saturated rings. The van der Waals surface area contributed by atoms with Crippen molar-refractivity contribution in [3.05, 3.63) is 0 Å². The Balaban J connectivity index is 3.45. The van der Waals surface area contributed by atoms with Crippen LogP contribution in [-0.4, -0.2) is 30.3 Å². The van der Waals surface area contributed by atoms with Gasteiger partial charge in [-0.05, 0) is 18.8 Å². The average Bonchev–Trinajstić information content (AvgIpc) is 2.20. The Morgan fingerprint density at radius 3 is 2.56 bits per heavy atom. The third kappa shape index (κ3) is 9.76. The third-order valence-corrected chi connectivity index (χ3v) is 2.14. The summed E-state index contributed by atoms with van der Waals surface area (Å²) in [6, 6.07) is 0. The molecule has 0 aromatic carbocycles. The predicted molar refractivity (Wildman–Crippen MR) is 53.8 cm³/mol. The molecule has 0 aromatic rings. The Hall–Kier alpha value is -0.780. The van der Waals surface area contributed by atoms with Crippen LogP contribution in [0.15, 0.2) is 0 Å². The quantitative estimate of drug-likeness (QED) is 0.668. The van der Waals surface area contributed by atoms with E-state index in [1.807, 2.05) is 6.92 Å². The summed E-state index contributed by atoms with van der Waals surface area (Å²) in [5, 5.41) is 11.1. The number of hydrogen-bond acceptors (Lipinski definition) is 2. The topological polar surface area (TPSA) is 49.3 Å². The molecule has 6 heteroatoms. The maximum atomic E-state index is 11.7. The van der Waals surface area contributed by atoms with Gasteiger partial charge in [0, 0.05) is 19.6 Å². The van der Waals surface area contributed by atoms with Crippen LogP contribution >= 0.6 is 0 Å². The first-order valence-corrected chi connectivity index (χ1v) is 5.29. The number of nitrogens with one attached hydrogen (secondary N) is 1. The molecule has 0 aliphatic heterocycles. The number of hydrogen-bond donors (Lipinski definition) is 2. The van der Waals surface area contributed by atoms with E-state index in [1.54, 1.807) is 0 Å². The highest BCUT2D eigenvalue weighted by atomic mass is 19.4. The van der Waals surface area contributed by atoms with Crippen molar-refractivity contribution < 1.29 is 23.1 Å². The van der Waals surface area contributed by atoms with Crippen molar-refractivity contribution in [1.82, 2.24) is 5.32 Å². The summed E-state index contributed by atoms with van der Waals surface area (Å²) in [5.41, 5.74) is 0. The highest BCUT2D eigenvalue weighted by Gasteiger charge is 2.27. The van der Waals surface area contributed by atoms with Gasteiger partial charge in [-0.15, -0.1) is 0 Å². The summed E-state index contributed by atoms with van der Waals surface area (Å²) in [5.74, 6) is -0.416. The minimum atomic E-state index is -4.28. The van der Waals surface area contributed by atoms with Gasteiger partial charge in [0.05, 0.1) is 6.42 Å². The van der Waals surface area contributed by atoms with Crippen molar-refractivity contribution in [3.8, 4) is 0 Å². The van der Waals surface area contributed by atoms with Crippen molar-refractivity contribution in [2.45, 2.75) is 38.8 Å². The monoisotopic (exact) mass is 241 g/mol. The first kappa shape index (κ1) is 15.2. The zero-order valence-corrected chi connectivity index (χ0v) is 9.31. The molecule has 0 radical (unpaired) electrons. The standard InChI is InChI=1S/C10H18F3NO2/c1-8(7-15)3-2-6-14-9(16)4-5-10(11,12)13/h8,15H,2-7H2,1H3,(H,14,16). The van der Waals surface area contributed by atoms with E-state index < -0.39 is 24.9 Å². The largest absolute Gasteiger partial charge is 0.396 e. The molecule has 1 amide bonds. The van der Waals surface area contributed by atoms with Gasteiger partial charge in [0.1, 0.15) is 0 Å². The minimum Gasteiger partial charge on any atom is -0.396 e. The van der Waals surface area contributed by atoms with E-state index in [0.717, 1.165) is 6.42 Å². The molecule has 0 spiro atoms. The van der Waals surface area contributed by atoms with E-state index in [4.69, 9.17) is 5.11 Å². The van der Waals surface area contributed by atoms with E-state index in [1.165, 1.54) is 0 Å². The number of aliphatic hydroxyl groups is 1. The maximum Gasteiger partial charge on any atom is 0.389 e. The molecule has 2 N–H and O–H groups in total. The van der Waals surface area contributed by atoms with Crippen LogP contribution < -0.4 is 5.32 Å². The van der Waals surface area contributed by atoms with Crippen LogP contribution in [0.2, 0.25) is 0 Å². The molecule has 0 aliphatic carbocycles. The molecular formula is C10H18F3NO2. The Morgan fingerprint density at radius 1 is 1.44 bits per heavy atom. The molecular weight excluding hydrogens is 223 g/mol. The lowest BCUT2D eigenvalue weighted by Gasteiger charge is -2.09. The number of amides is 1. The van der Waals surface area contributed by atoms with Gasteiger partial charge in [-0.3, -0.25) is 4.79 Å². The number of halogens is 3. The Labute approximate surface area is 93.0 Å². The van der Waals surface area contributed by atoms with Gasteiger partial charge in [-0.2, -0.15) is 13.2 Å². The molecule has 96 valence electrons. The second-order valence-electron chi connectivity index (χ2n) is 3.90. The summed E-state index contributed by atoms with van der Waals surface area (Å²) in [4.78, 5) is 10.9. The molecule has 1 unspecified atom stereocenters. The van der Waals surface area contributed by atoms with Crippen LogP contribution in [0.5, 0.6) is 0 Å². The molecule has 0 bridgehead atoms. The Kier molecular flexibility index (Phi) is 7.12. The Bertz CT molecular complexity index is 207. The third-order valence-electron chi connectivity index (χ3n) is 2.14. The van der Waals surface area contributed by atoms with Crippen molar-refractivity contribution >= 4 is 5.91 Å². The summed E-state index contributed by atoms with van der Waals surface area (Å²) in [7, 11) is 0. The van der Waals surface area contributed by atoms with Gasteiger partial charge < -0.3 is 10.4 Å². The summed E-state index contributed by atoms with van der Waals surface area (Å²) in [6.07, 6.45) is -4.46. The molecule has 0 aliphatic rings. The lowest BCUT2D eigenvalue weighted by Crippen LogP contribution is -2.26. The number of alkyl halides is 3. The van der Waals surface area contributed by atoms with Gasteiger partial charge in [-0.25, -0.2) is 0 Å². The van der Waals surface area contributed by atoms with Crippen molar-refractivity contribution in [2.75, 3.05) is 13.2 Å². The van der Waals surface area contributed by atoms with E-state index >= 15 is 0 Å². The smallest absolute Gasteiger partial charge is 0.389 e. The molecule has 0 heterocycles. The van der Waals surface area contributed by atoms with E-state index in [0.29, 0.717) is 13.0 Å². The highest BCUT2D eigenvalue weighted by molar-refractivity contribution is 5.75. The molecule has 16 heavy (non-hydrogen) atoms. The summed E-state index contributed by atoms with van der Waals surface area (Å²) < 4.78 is 35.2. The van der Waals surface area contributed by atoms with Crippen LogP contribution in [0, 0.1) is 5.92 Å². The van der Waals surface area contributed by atoms with Crippen LogP contribution in [0.25, 0.3) is 0 Å². The predicted octanol–water partition coefficient (Wildman–Crippen LogP) is 1.85. The van der Waals surface area contributed by atoms with E-state index in [2.05, 4.69) is 5.32 Å². The molecule has 0 saturated heterocycles. The average molecular weight is 241 g/mol. The summed E-state index contributed by atoms with van der Waals surface area (Å²) >= 11 is 0. The van der Waals surface area contributed by atoms with E-state index in [9.17, 15) is 18.0 Å². The highest BCUT2D eigenvalue weighted by Crippen LogP contribution is 2.20. The maximum absolute atomic E-state index is 11.7. The van der Waals surface area contributed by atoms with Crippen LogP contribution in [0.4, 0.5) is 13.2 Å². The first-order valence-electron chi connectivity index (χ1n) is 5.29. The molecule has 0 aromatic heterocycles. The van der Waals surface area contributed by atoms with Crippen LogP contribution in [0.3, 0.4) is 0 Å². The van der Waals surface area contributed by atoms with Gasteiger partial charge in [0.2, 0.25) is 5.91 Å². The molecule has 0 rings (SSSR count). The van der Waals surface area contributed by atoms with Crippen molar-refractivity contribution in [2.24, 2.45) is 5.92 Å². The van der Waals surface area contributed by atoms with Crippen LogP contribution in [-0.2, 0) is 4.79 Å². The van der Waals surface area contributed by atoms with Crippen molar-refractivity contribution in [3.63, 3.8) is 0 Å². The summed E-state index contributed by atoms with van der Waals surface area (Å²) in [6.45, 7) is 2.31. The first-order chi connectivity index (χ1) is 7.35. The number of carbonyl (C=O) groups excluding carboxylic acids is 1. The second-order valence-corrected chi connectivity index (χ2v) is 3.90. The van der Waals surface area contributed by atoms with Gasteiger partial charge in [-0.1, -0.05) is 6.92 Å². The SMILES string of the molecule is CC(CO)CCCNC(=O)CCC(F)(F)F. The lowest BCUT2D eigenvalue weighted by molar-refractivity contribution is -0.144. The number of rotatable bonds is 7. The second kappa shape index (κ2) is 7.49. The minimum absolute atomic E-state index is 0.0853. The van der Waals surface area contributed by atoms with Crippen molar-refractivity contribution in [1.29, 1.82) is 0 Å². The number of carbonyl (C=O) groups is 1. The molecule has 0 saturated carbocycles. The zero-order chi connectivity index (χ0) is 12.6. The lowest BCUT2D eigenvalue weighted by atomic mass is 10.1. The van der Waals surface area contributed by atoms with Crippen LogP contribution in [0.1, 0.15) is 32.6 Å². The van der Waals surface area contributed by atoms with E-state index in [-0.39, 0.29) is 12.5 Å². The number of aliphatic hydroxyl groups excluding tert-OH is 1. The normalized spacial score (nSPS) is 13.6. The Morgan fingerprint density at radius 2 is 2.06 bits per heavy atom. The molecule has 3 nitrogen and oxygen atoms in total. The fraction of sp³-hybridized carbons (Fsp3) is 0.900. The fourth-order valence-corrected chi connectivity index (χ4v) is 1.11. The van der Waals surface area contributed by atoms with Gasteiger partial charge >= 0.3 is 6.18 Å². The fourth-order valence-electron chi connectivity index (χ4n) is 1.11. The zero-order valence-electron chi connectivity index (χ0n) is 9.31. The molecule has 1 atom stereocenters. The van der Waals surface area contributed by atoms with Gasteiger partial charge in [0.15, 0.2) is 0 Å². The van der Waals surface area contributed by atoms with Gasteiger partial charge in [0.25, 0.3) is 0 Å².